The Hall–Kier alpha value is -2.12. The van der Waals surface area contributed by atoms with Gasteiger partial charge < -0.3 is 9.64 Å². The third-order valence-corrected chi connectivity index (χ3v) is 6.55. The van der Waals surface area contributed by atoms with Gasteiger partial charge in [-0.05, 0) is 73.7 Å². The molecule has 3 rings (SSSR count). The van der Waals surface area contributed by atoms with E-state index in [0.717, 1.165) is 36.3 Å². The van der Waals surface area contributed by atoms with E-state index in [2.05, 4.69) is 9.62 Å². The van der Waals surface area contributed by atoms with Gasteiger partial charge in [0.25, 0.3) is 0 Å². The molecule has 1 aliphatic heterocycles. The van der Waals surface area contributed by atoms with E-state index in [1.54, 1.807) is 24.3 Å². The Kier molecular flexibility index (Phi) is 5.72. The number of nitrogens with zero attached hydrogens (tertiary/aromatic N) is 1. The third kappa shape index (κ3) is 4.42. The van der Waals surface area contributed by atoms with Crippen LogP contribution in [0.1, 0.15) is 17.5 Å². The van der Waals surface area contributed by atoms with E-state index in [1.807, 2.05) is 13.8 Å². The summed E-state index contributed by atoms with van der Waals surface area (Å²) >= 11 is 0. The largest absolute Gasteiger partial charge is 0.495 e. The van der Waals surface area contributed by atoms with E-state index < -0.39 is 10.0 Å². The third-order valence-electron chi connectivity index (χ3n) is 5.11. The first-order chi connectivity index (χ1) is 12.8. The summed E-state index contributed by atoms with van der Waals surface area (Å²) in [4.78, 5) is 2.32. The number of hydrogen-bond donors (Lipinski definition) is 1. The number of nitrogens with one attached hydrogen (secondary N) is 1. The van der Waals surface area contributed by atoms with Crippen molar-refractivity contribution in [2.24, 2.45) is 5.92 Å². The SMILES string of the molecule is COc1cc(C)c(C)cc1S(=O)(=O)NCC1CCN(c2ccc(F)cc2)C1. The van der Waals surface area contributed by atoms with Crippen molar-refractivity contribution in [1.29, 1.82) is 0 Å². The van der Waals surface area contributed by atoms with E-state index in [-0.39, 0.29) is 16.6 Å². The highest BCUT2D eigenvalue weighted by Crippen LogP contribution is 2.28. The van der Waals surface area contributed by atoms with Crippen LogP contribution in [0.15, 0.2) is 41.3 Å². The van der Waals surface area contributed by atoms with Gasteiger partial charge in [0.2, 0.25) is 10.0 Å². The molecular formula is C20H25FN2O3S. The van der Waals surface area contributed by atoms with E-state index >= 15 is 0 Å². The van der Waals surface area contributed by atoms with Crippen molar-refractivity contribution >= 4 is 15.7 Å². The fraction of sp³-hybridized carbons (Fsp3) is 0.400. The summed E-state index contributed by atoms with van der Waals surface area (Å²) in [6.07, 6.45) is 0.879. The number of hydrogen-bond acceptors (Lipinski definition) is 4. The highest BCUT2D eigenvalue weighted by molar-refractivity contribution is 7.89. The molecule has 27 heavy (non-hydrogen) atoms. The van der Waals surface area contributed by atoms with Gasteiger partial charge in [-0.3, -0.25) is 0 Å². The van der Waals surface area contributed by atoms with Crippen molar-refractivity contribution in [2.45, 2.75) is 25.2 Å². The first kappa shape index (κ1) is 19.6. The highest BCUT2D eigenvalue weighted by atomic mass is 32.2. The Labute approximate surface area is 160 Å². The zero-order valence-corrected chi connectivity index (χ0v) is 16.6. The second-order valence-corrected chi connectivity index (χ2v) is 8.75. The summed E-state index contributed by atoms with van der Waals surface area (Å²) in [5, 5.41) is 0. The number of methoxy groups -OCH3 is 1. The molecule has 0 saturated carbocycles. The maximum absolute atomic E-state index is 13.1. The lowest BCUT2D eigenvalue weighted by Gasteiger charge is -2.19. The summed E-state index contributed by atoms with van der Waals surface area (Å²) in [5.74, 6) is 0.289. The molecule has 1 N–H and O–H groups in total. The average Bonchev–Trinajstić information content (AvgIpc) is 3.11. The number of anilines is 1. The van der Waals surface area contributed by atoms with Crippen LogP contribution in [0.2, 0.25) is 0 Å². The van der Waals surface area contributed by atoms with Gasteiger partial charge in [-0.1, -0.05) is 0 Å². The zero-order valence-electron chi connectivity index (χ0n) is 15.8. The molecule has 0 aromatic heterocycles. The zero-order chi connectivity index (χ0) is 19.6. The molecule has 1 atom stereocenters. The Morgan fingerprint density at radius 1 is 1.19 bits per heavy atom. The van der Waals surface area contributed by atoms with E-state index in [4.69, 9.17) is 4.74 Å². The molecule has 1 fully saturated rings. The lowest BCUT2D eigenvalue weighted by molar-refractivity contribution is 0.401. The molecule has 2 aromatic rings. The van der Waals surface area contributed by atoms with Crippen molar-refractivity contribution in [3.8, 4) is 5.75 Å². The van der Waals surface area contributed by atoms with E-state index in [0.29, 0.717) is 12.3 Å². The molecule has 5 nitrogen and oxygen atoms in total. The van der Waals surface area contributed by atoms with Gasteiger partial charge in [0.1, 0.15) is 16.5 Å². The van der Waals surface area contributed by atoms with Gasteiger partial charge >= 0.3 is 0 Å². The molecule has 0 spiro atoms. The Morgan fingerprint density at radius 3 is 2.52 bits per heavy atom. The molecule has 1 aliphatic rings. The standard InChI is InChI=1S/C20H25FN2O3S/c1-14-10-19(26-3)20(11-15(14)2)27(24,25)22-12-16-8-9-23(13-16)18-6-4-17(21)5-7-18/h4-7,10-11,16,22H,8-9,12-13H2,1-3H3. The predicted octanol–water partition coefficient (Wildman–Crippen LogP) is 3.26. The number of sulfonamides is 1. The number of benzene rings is 2. The molecule has 0 amide bonds. The van der Waals surface area contributed by atoms with Crippen molar-refractivity contribution in [3.05, 3.63) is 53.3 Å². The normalized spacial score (nSPS) is 17.3. The quantitative estimate of drug-likeness (QED) is 0.820. The lowest BCUT2D eigenvalue weighted by Crippen LogP contribution is -2.31. The lowest BCUT2D eigenvalue weighted by atomic mass is 10.1. The van der Waals surface area contributed by atoms with Gasteiger partial charge in [-0.2, -0.15) is 0 Å². The Balaban J connectivity index is 1.66. The van der Waals surface area contributed by atoms with Gasteiger partial charge in [0, 0.05) is 25.3 Å². The molecule has 1 unspecified atom stereocenters. The number of aryl methyl sites for hydroxylation is 2. The molecule has 0 bridgehead atoms. The van der Waals surface area contributed by atoms with Crippen molar-refractivity contribution in [3.63, 3.8) is 0 Å². The van der Waals surface area contributed by atoms with Crippen LogP contribution in [0.5, 0.6) is 5.75 Å². The van der Waals surface area contributed by atoms with Crippen LogP contribution in [0.3, 0.4) is 0 Å². The summed E-state index contributed by atoms with van der Waals surface area (Å²) < 4.78 is 46.6. The second kappa shape index (κ2) is 7.86. The van der Waals surface area contributed by atoms with Gasteiger partial charge in [0.05, 0.1) is 7.11 Å². The van der Waals surface area contributed by atoms with Crippen molar-refractivity contribution in [2.75, 3.05) is 31.6 Å². The minimum Gasteiger partial charge on any atom is -0.495 e. The van der Waals surface area contributed by atoms with Crippen LogP contribution in [-0.2, 0) is 10.0 Å². The van der Waals surface area contributed by atoms with Crippen molar-refractivity contribution < 1.29 is 17.5 Å². The Morgan fingerprint density at radius 2 is 1.85 bits per heavy atom. The fourth-order valence-corrected chi connectivity index (χ4v) is 4.67. The topological polar surface area (TPSA) is 58.6 Å². The average molecular weight is 392 g/mol. The Bertz CT molecular complexity index is 914. The van der Waals surface area contributed by atoms with Gasteiger partial charge in [-0.25, -0.2) is 17.5 Å². The predicted molar refractivity (Wildman–Crippen MR) is 104 cm³/mol. The molecule has 1 saturated heterocycles. The minimum absolute atomic E-state index is 0.168. The minimum atomic E-state index is -3.66. The van der Waals surface area contributed by atoms with Crippen LogP contribution >= 0.6 is 0 Å². The first-order valence-electron chi connectivity index (χ1n) is 8.95. The fourth-order valence-electron chi connectivity index (χ4n) is 3.32. The first-order valence-corrected chi connectivity index (χ1v) is 10.4. The maximum Gasteiger partial charge on any atom is 0.244 e. The number of halogens is 1. The van der Waals surface area contributed by atoms with Crippen LogP contribution in [-0.4, -0.2) is 35.2 Å². The summed E-state index contributed by atoms with van der Waals surface area (Å²) in [6.45, 7) is 5.72. The maximum atomic E-state index is 13.1. The molecule has 1 heterocycles. The van der Waals surface area contributed by atoms with Crippen LogP contribution in [0.25, 0.3) is 0 Å². The molecule has 7 heteroatoms. The molecular weight excluding hydrogens is 367 g/mol. The molecule has 2 aromatic carbocycles. The van der Waals surface area contributed by atoms with Crippen LogP contribution in [0.4, 0.5) is 10.1 Å². The number of rotatable bonds is 6. The smallest absolute Gasteiger partial charge is 0.244 e. The summed E-state index contributed by atoms with van der Waals surface area (Å²) in [5.41, 5.74) is 2.84. The molecule has 146 valence electrons. The molecule has 0 radical (unpaired) electrons. The van der Waals surface area contributed by atoms with Crippen molar-refractivity contribution in [1.82, 2.24) is 4.72 Å². The highest BCUT2D eigenvalue weighted by Gasteiger charge is 2.26. The number of ether oxygens (including phenoxy) is 1. The van der Waals surface area contributed by atoms with Gasteiger partial charge in [-0.15, -0.1) is 0 Å². The monoisotopic (exact) mass is 392 g/mol. The van der Waals surface area contributed by atoms with Crippen LogP contribution in [0, 0.1) is 25.6 Å². The van der Waals surface area contributed by atoms with Crippen LogP contribution < -0.4 is 14.4 Å². The van der Waals surface area contributed by atoms with Gasteiger partial charge in [0.15, 0.2) is 0 Å². The van der Waals surface area contributed by atoms with E-state index in [9.17, 15) is 12.8 Å². The summed E-state index contributed by atoms with van der Waals surface area (Å²) in [6, 6.07) is 9.78. The second-order valence-electron chi connectivity index (χ2n) is 7.02. The summed E-state index contributed by atoms with van der Waals surface area (Å²) in [7, 11) is -2.19. The van der Waals surface area contributed by atoms with E-state index in [1.165, 1.54) is 19.2 Å². The molecule has 0 aliphatic carbocycles.